The molecule has 0 aliphatic heterocycles. The molecule has 0 N–H and O–H groups in total. The summed E-state index contributed by atoms with van der Waals surface area (Å²) in [6.45, 7) is 3.93. The second-order valence-electron chi connectivity index (χ2n) is 7.72. The summed E-state index contributed by atoms with van der Waals surface area (Å²) in [7, 11) is 0. The SMILES string of the molecule is CCCCCc1ccc(C(F)=C(F)c2cc3ccc(CCC)c(F)c3c(F)c2F)cc1. The predicted octanol–water partition coefficient (Wildman–Crippen LogP) is 8.71. The van der Waals surface area contributed by atoms with Crippen LogP contribution >= 0.6 is 0 Å². The third-order valence-electron chi connectivity index (χ3n) is 5.43. The van der Waals surface area contributed by atoms with Crippen molar-refractivity contribution in [3.8, 4) is 0 Å². The lowest BCUT2D eigenvalue weighted by Crippen LogP contribution is -2.00. The lowest BCUT2D eigenvalue weighted by molar-refractivity contribution is 0.505. The van der Waals surface area contributed by atoms with Gasteiger partial charge in [0.15, 0.2) is 23.3 Å². The molecule has 5 heteroatoms. The Morgan fingerprint density at radius 3 is 2.06 bits per heavy atom. The largest absolute Gasteiger partial charge is 0.206 e. The average Bonchev–Trinajstić information content (AvgIpc) is 2.77. The van der Waals surface area contributed by atoms with E-state index in [9.17, 15) is 22.0 Å². The van der Waals surface area contributed by atoms with Crippen LogP contribution in [0.15, 0.2) is 42.5 Å². The number of rotatable bonds is 8. The molecule has 0 fully saturated rings. The number of halogens is 5. The number of unbranched alkanes of at least 4 members (excludes halogenated alkanes) is 2. The molecule has 0 nitrogen and oxygen atoms in total. The Morgan fingerprint density at radius 1 is 0.710 bits per heavy atom. The zero-order valence-electron chi connectivity index (χ0n) is 17.7. The van der Waals surface area contributed by atoms with E-state index in [4.69, 9.17) is 0 Å². The maximum Gasteiger partial charge on any atom is 0.170 e. The zero-order valence-corrected chi connectivity index (χ0v) is 17.7. The van der Waals surface area contributed by atoms with Gasteiger partial charge in [-0.2, -0.15) is 0 Å². The normalized spacial score (nSPS) is 12.4. The van der Waals surface area contributed by atoms with Gasteiger partial charge in [0.2, 0.25) is 0 Å². The first-order valence-corrected chi connectivity index (χ1v) is 10.6. The molecule has 0 saturated heterocycles. The van der Waals surface area contributed by atoms with Crippen LogP contribution in [0.1, 0.15) is 61.8 Å². The van der Waals surface area contributed by atoms with Gasteiger partial charge in [-0.15, -0.1) is 0 Å². The maximum atomic E-state index is 14.8. The summed E-state index contributed by atoms with van der Waals surface area (Å²) in [5.74, 6) is -6.80. The van der Waals surface area contributed by atoms with Crippen molar-refractivity contribution < 1.29 is 22.0 Å². The van der Waals surface area contributed by atoms with E-state index in [2.05, 4.69) is 6.92 Å². The molecule has 0 amide bonds. The summed E-state index contributed by atoms with van der Waals surface area (Å²) in [4.78, 5) is 0. The number of hydrogen-bond donors (Lipinski definition) is 0. The van der Waals surface area contributed by atoms with Gasteiger partial charge in [-0.3, -0.25) is 0 Å². The highest BCUT2D eigenvalue weighted by Gasteiger charge is 2.23. The molecule has 3 rings (SSSR count). The summed E-state index contributed by atoms with van der Waals surface area (Å²) in [6, 6.07) is 10.0. The van der Waals surface area contributed by atoms with Gasteiger partial charge in [-0.05, 0) is 41.8 Å². The standard InChI is InChI=1S/C26H25F5/c1-3-5-6-8-16-9-11-18(12-10-16)23(28)24(29)20-15-19-14-13-17(7-4-2)22(27)21(19)26(31)25(20)30/h9-15H,3-8H2,1-2H3. The molecule has 0 unspecified atom stereocenters. The summed E-state index contributed by atoms with van der Waals surface area (Å²) >= 11 is 0. The van der Waals surface area contributed by atoms with Crippen LogP contribution in [0.25, 0.3) is 22.4 Å². The highest BCUT2D eigenvalue weighted by Crippen LogP contribution is 2.35. The summed E-state index contributed by atoms with van der Waals surface area (Å²) in [6.07, 6.45) is 4.99. The van der Waals surface area contributed by atoms with Crippen LogP contribution < -0.4 is 0 Å². The monoisotopic (exact) mass is 432 g/mol. The van der Waals surface area contributed by atoms with Crippen LogP contribution in [0.4, 0.5) is 22.0 Å². The summed E-state index contributed by atoms with van der Waals surface area (Å²) in [5, 5.41) is -0.572. The number of fused-ring (bicyclic) bond motifs is 1. The van der Waals surface area contributed by atoms with Crippen LogP contribution in [0.2, 0.25) is 0 Å². The van der Waals surface area contributed by atoms with Gasteiger partial charge in [-0.25, -0.2) is 22.0 Å². The van der Waals surface area contributed by atoms with Gasteiger partial charge in [0.25, 0.3) is 0 Å². The molecule has 0 aliphatic rings. The zero-order chi connectivity index (χ0) is 22.5. The van der Waals surface area contributed by atoms with Crippen molar-refractivity contribution in [2.45, 2.75) is 52.4 Å². The van der Waals surface area contributed by atoms with E-state index < -0.39 is 40.1 Å². The van der Waals surface area contributed by atoms with Crippen LogP contribution in [0.5, 0.6) is 0 Å². The Morgan fingerprint density at radius 2 is 1.42 bits per heavy atom. The molecular weight excluding hydrogens is 407 g/mol. The van der Waals surface area contributed by atoms with Crippen LogP contribution in [-0.2, 0) is 12.8 Å². The van der Waals surface area contributed by atoms with Gasteiger partial charge in [-0.1, -0.05) is 69.5 Å². The first-order valence-electron chi connectivity index (χ1n) is 10.6. The quantitative estimate of drug-likeness (QED) is 0.190. The molecule has 0 radical (unpaired) electrons. The Kier molecular flexibility index (Phi) is 7.47. The Labute approximate surface area is 179 Å². The molecule has 0 aliphatic carbocycles. The van der Waals surface area contributed by atoms with Gasteiger partial charge < -0.3 is 0 Å². The minimum Gasteiger partial charge on any atom is -0.206 e. The summed E-state index contributed by atoms with van der Waals surface area (Å²) in [5.41, 5.74) is 0.312. The molecule has 31 heavy (non-hydrogen) atoms. The smallest absolute Gasteiger partial charge is 0.170 e. The fourth-order valence-electron chi connectivity index (χ4n) is 3.69. The fraction of sp³-hybridized carbons (Fsp3) is 0.308. The first-order chi connectivity index (χ1) is 14.9. The lowest BCUT2D eigenvalue weighted by Gasteiger charge is -2.11. The van der Waals surface area contributed by atoms with Gasteiger partial charge in [0.1, 0.15) is 5.82 Å². The van der Waals surface area contributed by atoms with Crippen molar-refractivity contribution in [2.24, 2.45) is 0 Å². The Balaban J connectivity index is 2.01. The highest BCUT2D eigenvalue weighted by atomic mass is 19.2. The summed E-state index contributed by atoms with van der Waals surface area (Å²) < 4.78 is 73.5. The number of aryl methyl sites for hydroxylation is 2. The molecule has 3 aromatic rings. The first kappa shape index (κ1) is 23.0. The van der Waals surface area contributed by atoms with Crippen molar-refractivity contribution in [2.75, 3.05) is 0 Å². The van der Waals surface area contributed by atoms with Crippen LogP contribution in [0.3, 0.4) is 0 Å². The molecule has 164 valence electrons. The molecule has 0 aromatic heterocycles. The van der Waals surface area contributed by atoms with E-state index in [0.717, 1.165) is 37.3 Å². The molecular formula is C26H25F5. The fourth-order valence-corrected chi connectivity index (χ4v) is 3.69. The van der Waals surface area contributed by atoms with E-state index in [1.807, 2.05) is 6.92 Å². The molecule has 0 atom stereocenters. The topological polar surface area (TPSA) is 0 Å². The number of hydrogen-bond acceptors (Lipinski definition) is 0. The third-order valence-corrected chi connectivity index (χ3v) is 5.43. The molecule has 0 saturated carbocycles. The molecule has 0 heterocycles. The van der Waals surface area contributed by atoms with E-state index in [0.29, 0.717) is 12.8 Å². The van der Waals surface area contributed by atoms with E-state index in [-0.39, 0.29) is 16.5 Å². The van der Waals surface area contributed by atoms with Crippen molar-refractivity contribution in [1.82, 2.24) is 0 Å². The Hall–Kier alpha value is -2.69. The van der Waals surface area contributed by atoms with Gasteiger partial charge in [0.05, 0.1) is 10.9 Å². The van der Waals surface area contributed by atoms with Crippen molar-refractivity contribution >= 4 is 22.4 Å². The number of benzene rings is 3. The highest BCUT2D eigenvalue weighted by molar-refractivity contribution is 5.91. The lowest BCUT2D eigenvalue weighted by atomic mass is 9.98. The maximum absolute atomic E-state index is 14.8. The molecule has 3 aromatic carbocycles. The molecule has 0 bridgehead atoms. The second-order valence-corrected chi connectivity index (χ2v) is 7.72. The van der Waals surface area contributed by atoms with Crippen LogP contribution in [-0.4, -0.2) is 0 Å². The van der Waals surface area contributed by atoms with Crippen molar-refractivity contribution in [1.29, 1.82) is 0 Å². The average molecular weight is 432 g/mol. The van der Waals surface area contributed by atoms with Crippen molar-refractivity contribution in [3.63, 3.8) is 0 Å². The minimum absolute atomic E-state index is 0.0273. The van der Waals surface area contributed by atoms with E-state index in [1.54, 1.807) is 12.1 Å². The van der Waals surface area contributed by atoms with Gasteiger partial charge in [0, 0.05) is 5.56 Å². The third kappa shape index (κ3) is 4.81. The van der Waals surface area contributed by atoms with E-state index in [1.165, 1.54) is 24.3 Å². The minimum atomic E-state index is -1.61. The molecule has 0 spiro atoms. The second kappa shape index (κ2) is 10.1. The van der Waals surface area contributed by atoms with Crippen LogP contribution in [0, 0.1) is 17.5 Å². The van der Waals surface area contributed by atoms with Crippen molar-refractivity contribution in [3.05, 3.63) is 82.2 Å². The Bertz CT molecular complexity index is 1100. The van der Waals surface area contributed by atoms with Gasteiger partial charge >= 0.3 is 0 Å². The van der Waals surface area contributed by atoms with E-state index >= 15 is 0 Å². The predicted molar refractivity (Wildman–Crippen MR) is 117 cm³/mol.